The van der Waals surface area contributed by atoms with Crippen molar-refractivity contribution >= 4 is 23.4 Å². The molecule has 0 aromatic heterocycles. The van der Waals surface area contributed by atoms with Gasteiger partial charge in [0.15, 0.2) is 0 Å². The Bertz CT molecular complexity index is 502. The average molecular weight is 309 g/mol. The molecular formula is C16H21ClN2O2. The van der Waals surface area contributed by atoms with Crippen LogP contribution in [0.15, 0.2) is 24.3 Å². The summed E-state index contributed by atoms with van der Waals surface area (Å²) in [5.74, 6) is -0.172. The summed E-state index contributed by atoms with van der Waals surface area (Å²) in [6, 6.07) is 7.37. The van der Waals surface area contributed by atoms with Crippen molar-refractivity contribution in [3.8, 4) is 0 Å². The number of carbonyl (C=O) groups excluding carboxylic acids is 2. The predicted molar refractivity (Wildman–Crippen MR) is 82.9 cm³/mol. The van der Waals surface area contributed by atoms with Crippen molar-refractivity contribution in [3.63, 3.8) is 0 Å². The molecule has 1 aliphatic rings. The number of amides is 2. The quantitative estimate of drug-likeness (QED) is 0.878. The predicted octanol–water partition coefficient (Wildman–Crippen LogP) is 2.60. The molecule has 114 valence electrons. The molecule has 5 heteroatoms. The summed E-state index contributed by atoms with van der Waals surface area (Å²) in [5, 5.41) is 3.58. The summed E-state index contributed by atoms with van der Waals surface area (Å²) in [6.07, 6.45) is 2.37. The lowest BCUT2D eigenvalue weighted by molar-refractivity contribution is -0.129. The van der Waals surface area contributed by atoms with Gasteiger partial charge in [-0.1, -0.05) is 37.1 Å². The lowest BCUT2D eigenvalue weighted by Gasteiger charge is -2.16. The van der Waals surface area contributed by atoms with Gasteiger partial charge < -0.3 is 10.2 Å². The van der Waals surface area contributed by atoms with E-state index in [-0.39, 0.29) is 17.7 Å². The molecule has 0 saturated carbocycles. The van der Waals surface area contributed by atoms with Gasteiger partial charge in [-0.25, -0.2) is 0 Å². The fourth-order valence-corrected chi connectivity index (χ4v) is 2.57. The first-order valence-electron chi connectivity index (χ1n) is 7.40. The van der Waals surface area contributed by atoms with Gasteiger partial charge >= 0.3 is 0 Å². The highest BCUT2D eigenvalue weighted by molar-refractivity contribution is 6.30. The van der Waals surface area contributed by atoms with Crippen LogP contribution in [0.1, 0.15) is 31.7 Å². The third-order valence-electron chi connectivity index (χ3n) is 3.75. The summed E-state index contributed by atoms with van der Waals surface area (Å²) >= 11 is 5.82. The van der Waals surface area contributed by atoms with Crippen molar-refractivity contribution in [2.75, 3.05) is 13.1 Å². The molecule has 21 heavy (non-hydrogen) atoms. The summed E-state index contributed by atoms with van der Waals surface area (Å²) in [6.45, 7) is 3.87. The van der Waals surface area contributed by atoms with Gasteiger partial charge in [0.05, 0.1) is 5.92 Å². The van der Waals surface area contributed by atoms with E-state index in [0.717, 1.165) is 24.9 Å². The minimum atomic E-state index is -0.221. The Kier molecular flexibility index (Phi) is 5.62. The third kappa shape index (κ3) is 4.46. The van der Waals surface area contributed by atoms with Gasteiger partial charge in [0.25, 0.3) is 0 Å². The highest BCUT2D eigenvalue weighted by Crippen LogP contribution is 2.18. The van der Waals surface area contributed by atoms with E-state index in [0.29, 0.717) is 24.5 Å². The fourth-order valence-electron chi connectivity index (χ4n) is 2.45. The maximum atomic E-state index is 12.1. The summed E-state index contributed by atoms with van der Waals surface area (Å²) in [5.41, 5.74) is 1.000. The largest absolute Gasteiger partial charge is 0.352 e. The Labute approximate surface area is 130 Å². The molecule has 0 bridgehead atoms. The van der Waals surface area contributed by atoms with Gasteiger partial charge in [0.2, 0.25) is 11.8 Å². The maximum absolute atomic E-state index is 12.1. The first kappa shape index (κ1) is 15.8. The van der Waals surface area contributed by atoms with E-state index in [1.165, 1.54) is 0 Å². The summed E-state index contributed by atoms with van der Waals surface area (Å²) in [7, 11) is 0. The Balaban J connectivity index is 1.81. The molecular weight excluding hydrogens is 288 g/mol. The first-order valence-corrected chi connectivity index (χ1v) is 7.78. The minimum Gasteiger partial charge on any atom is -0.352 e. The molecule has 0 radical (unpaired) electrons. The van der Waals surface area contributed by atoms with E-state index >= 15 is 0 Å². The highest BCUT2D eigenvalue weighted by Gasteiger charge is 2.33. The number of unbranched alkanes of at least 4 members (excludes halogenated alkanes) is 1. The van der Waals surface area contributed by atoms with Gasteiger partial charge in [-0.15, -0.1) is 0 Å². The van der Waals surface area contributed by atoms with Crippen molar-refractivity contribution < 1.29 is 9.59 Å². The SMILES string of the molecule is CCCCN1C[C@H](C(=O)NCc2ccc(Cl)cc2)CC1=O. The number of benzene rings is 1. The standard InChI is InChI=1S/C16H21ClN2O2/c1-2-3-8-19-11-13(9-15(19)20)16(21)18-10-12-4-6-14(17)7-5-12/h4-7,13H,2-3,8-11H2,1H3,(H,18,21)/t13-/m1/s1. The normalized spacial score (nSPS) is 18.1. The zero-order valence-corrected chi connectivity index (χ0v) is 13.0. The zero-order chi connectivity index (χ0) is 15.2. The second-order valence-electron chi connectivity index (χ2n) is 5.44. The van der Waals surface area contributed by atoms with Gasteiger partial charge in [0, 0.05) is 31.1 Å². The van der Waals surface area contributed by atoms with Crippen molar-refractivity contribution in [2.24, 2.45) is 5.92 Å². The van der Waals surface area contributed by atoms with Crippen molar-refractivity contribution in [2.45, 2.75) is 32.7 Å². The smallest absolute Gasteiger partial charge is 0.225 e. The molecule has 2 amide bonds. The van der Waals surface area contributed by atoms with E-state index < -0.39 is 0 Å². The van der Waals surface area contributed by atoms with Gasteiger partial charge in [-0.2, -0.15) is 0 Å². The van der Waals surface area contributed by atoms with Crippen LogP contribution in [0, 0.1) is 5.92 Å². The Morgan fingerprint density at radius 2 is 2.10 bits per heavy atom. The third-order valence-corrected chi connectivity index (χ3v) is 4.00. The second-order valence-corrected chi connectivity index (χ2v) is 5.88. The first-order chi connectivity index (χ1) is 10.1. The van der Waals surface area contributed by atoms with Gasteiger partial charge in [-0.05, 0) is 24.1 Å². The number of hydrogen-bond acceptors (Lipinski definition) is 2. The maximum Gasteiger partial charge on any atom is 0.225 e. The molecule has 1 fully saturated rings. The molecule has 0 aliphatic carbocycles. The summed E-state index contributed by atoms with van der Waals surface area (Å²) < 4.78 is 0. The Morgan fingerprint density at radius 1 is 1.38 bits per heavy atom. The highest BCUT2D eigenvalue weighted by atomic mass is 35.5. The van der Waals surface area contributed by atoms with E-state index in [2.05, 4.69) is 12.2 Å². The molecule has 1 atom stereocenters. The monoisotopic (exact) mass is 308 g/mol. The molecule has 2 rings (SSSR count). The molecule has 1 aromatic rings. The molecule has 0 spiro atoms. The van der Waals surface area contributed by atoms with Crippen LogP contribution in [0.5, 0.6) is 0 Å². The molecule has 1 N–H and O–H groups in total. The number of nitrogens with one attached hydrogen (secondary N) is 1. The lowest BCUT2D eigenvalue weighted by Crippen LogP contribution is -2.32. The minimum absolute atomic E-state index is 0.0442. The van der Waals surface area contributed by atoms with Crippen molar-refractivity contribution in [1.29, 1.82) is 0 Å². The molecule has 1 aromatic carbocycles. The second kappa shape index (κ2) is 7.46. The van der Waals surface area contributed by atoms with Crippen LogP contribution in [-0.4, -0.2) is 29.8 Å². The van der Waals surface area contributed by atoms with Crippen LogP contribution in [0.3, 0.4) is 0 Å². The van der Waals surface area contributed by atoms with Crippen LogP contribution in [0.2, 0.25) is 5.02 Å². The Morgan fingerprint density at radius 3 is 2.76 bits per heavy atom. The lowest BCUT2D eigenvalue weighted by atomic mass is 10.1. The van der Waals surface area contributed by atoms with Crippen LogP contribution in [-0.2, 0) is 16.1 Å². The molecule has 1 saturated heterocycles. The molecule has 0 unspecified atom stereocenters. The number of hydrogen-bond donors (Lipinski definition) is 1. The molecule has 1 heterocycles. The van der Waals surface area contributed by atoms with E-state index in [1.54, 1.807) is 17.0 Å². The van der Waals surface area contributed by atoms with Crippen LogP contribution >= 0.6 is 11.6 Å². The van der Waals surface area contributed by atoms with Gasteiger partial charge in [-0.3, -0.25) is 9.59 Å². The van der Waals surface area contributed by atoms with Crippen LogP contribution < -0.4 is 5.32 Å². The number of rotatable bonds is 6. The Hall–Kier alpha value is -1.55. The summed E-state index contributed by atoms with van der Waals surface area (Å²) in [4.78, 5) is 25.8. The van der Waals surface area contributed by atoms with E-state index in [4.69, 9.17) is 11.6 Å². The van der Waals surface area contributed by atoms with E-state index in [1.807, 2.05) is 12.1 Å². The zero-order valence-electron chi connectivity index (χ0n) is 12.3. The van der Waals surface area contributed by atoms with Crippen molar-refractivity contribution in [3.05, 3.63) is 34.9 Å². The fraction of sp³-hybridized carbons (Fsp3) is 0.500. The van der Waals surface area contributed by atoms with Crippen LogP contribution in [0.25, 0.3) is 0 Å². The van der Waals surface area contributed by atoms with Crippen molar-refractivity contribution in [1.82, 2.24) is 10.2 Å². The topological polar surface area (TPSA) is 49.4 Å². The number of halogens is 1. The molecule has 1 aliphatic heterocycles. The van der Waals surface area contributed by atoms with E-state index in [9.17, 15) is 9.59 Å². The number of carbonyl (C=O) groups is 2. The average Bonchev–Trinajstić information content (AvgIpc) is 2.85. The molecule has 4 nitrogen and oxygen atoms in total. The number of likely N-dealkylation sites (tertiary alicyclic amines) is 1. The van der Waals surface area contributed by atoms with Gasteiger partial charge in [0.1, 0.15) is 0 Å². The van der Waals surface area contributed by atoms with Crippen LogP contribution in [0.4, 0.5) is 0 Å². The number of nitrogens with zero attached hydrogens (tertiary/aromatic N) is 1.